The minimum Gasteiger partial charge on any atom is -0.493 e. The molecule has 2 N–H and O–H groups in total. The Labute approximate surface area is 124 Å². The molecular formula is C15H21N3O3. The van der Waals surface area contributed by atoms with Gasteiger partial charge in [-0.1, -0.05) is 25.9 Å². The standard InChI is InChI=1S/C15H21N3O3/c1-15(2,3)12(16)14-17-13(18-21-14)9-6-7-10(19-4)11(8-9)20-5/h6-8,12H,16H2,1-5H3/t12-/m1/s1. The van der Waals surface area contributed by atoms with E-state index in [1.54, 1.807) is 26.4 Å². The lowest BCUT2D eigenvalue weighted by Crippen LogP contribution is -2.26. The SMILES string of the molecule is COc1ccc(-c2noc([C@@H](N)C(C)(C)C)n2)cc1OC. The van der Waals surface area contributed by atoms with Gasteiger partial charge < -0.3 is 19.7 Å². The molecule has 2 aromatic rings. The van der Waals surface area contributed by atoms with Gasteiger partial charge in [-0.3, -0.25) is 0 Å². The number of hydrogen-bond donors (Lipinski definition) is 1. The van der Waals surface area contributed by atoms with Crippen molar-refractivity contribution in [1.82, 2.24) is 10.1 Å². The van der Waals surface area contributed by atoms with E-state index in [9.17, 15) is 0 Å². The molecule has 21 heavy (non-hydrogen) atoms. The van der Waals surface area contributed by atoms with Gasteiger partial charge >= 0.3 is 0 Å². The summed E-state index contributed by atoms with van der Waals surface area (Å²) in [7, 11) is 3.17. The van der Waals surface area contributed by atoms with Crippen LogP contribution in [0.25, 0.3) is 11.4 Å². The molecule has 0 unspecified atom stereocenters. The highest BCUT2D eigenvalue weighted by Gasteiger charge is 2.27. The summed E-state index contributed by atoms with van der Waals surface area (Å²) in [6.45, 7) is 6.08. The number of nitrogens with two attached hydrogens (primary N) is 1. The van der Waals surface area contributed by atoms with E-state index in [0.29, 0.717) is 23.2 Å². The zero-order valence-corrected chi connectivity index (χ0v) is 13.0. The summed E-state index contributed by atoms with van der Waals surface area (Å²) in [4.78, 5) is 4.38. The third-order valence-corrected chi connectivity index (χ3v) is 3.28. The van der Waals surface area contributed by atoms with E-state index in [2.05, 4.69) is 10.1 Å². The van der Waals surface area contributed by atoms with Gasteiger partial charge in [0.05, 0.1) is 20.3 Å². The molecule has 2 rings (SSSR count). The zero-order valence-electron chi connectivity index (χ0n) is 13.0. The Morgan fingerprint density at radius 2 is 1.81 bits per heavy atom. The minimum atomic E-state index is -0.320. The molecule has 114 valence electrons. The largest absolute Gasteiger partial charge is 0.493 e. The Morgan fingerprint density at radius 1 is 1.14 bits per heavy atom. The van der Waals surface area contributed by atoms with Gasteiger partial charge in [-0.25, -0.2) is 0 Å². The van der Waals surface area contributed by atoms with Gasteiger partial charge in [-0.15, -0.1) is 0 Å². The van der Waals surface area contributed by atoms with E-state index in [-0.39, 0.29) is 11.5 Å². The van der Waals surface area contributed by atoms with E-state index < -0.39 is 0 Å². The third-order valence-electron chi connectivity index (χ3n) is 3.28. The second-order valence-electron chi connectivity index (χ2n) is 5.87. The highest BCUT2D eigenvalue weighted by molar-refractivity contribution is 5.60. The van der Waals surface area contributed by atoms with Crippen LogP contribution in [0.1, 0.15) is 32.7 Å². The van der Waals surface area contributed by atoms with Gasteiger partial charge in [-0.2, -0.15) is 4.98 Å². The van der Waals surface area contributed by atoms with Crippen LogP contribution in [-0.2, 0) is 0 Å². The summed E-state index contributed by atoms with van der Waals surface area (Å²) < 4.78 is 15.8. The summed E-state index contributed by atoms with van der Waals surface area (Å²) in [6.07, 6.45) is 0. The topological polar surface area (TPSA) is 83.4 Å². The van der Waals surface area contributed by atoms with Gasteiger partial charge in [0.2, 0.25) is 11.7 Å². The summed E-state index contributed by atoms with van der Waals surface area (Å²) in [5, 5.41) is 3.99. The summed E-state index contributed by atoms with van der Waals surface area (Å²) >= 11 is 0. The van der Waals surface area contributed by atoms with Crippen LogP contribution in [-0.4, -0.2) is 24.4 Å². The molecule has 6 heteroatoms. The van der Waals surface area contributed by atoms with Crippen LogP contribution in [0.4, 0.5) is 0 Å². The number of ether oxygens (including phenoxy) is 2. The van der Waals surface area contributed by atoms with Crippen molar-refractivity contribution < 1.29 is 14.0 Å². The second-order valence-corrected chi connectivity index (χ2v) is 5.87. The van der Waals surface area contributed by atoms with Gasteiger partial charge in [-0.05, 0) is 23.6 Å². The first-order chi connectivity index (χ1) is 9.86. The third kappa shape index (κ3) is 3.16. The molecule has 0 fully saturated rings. The number of hydrogen-bond acceptors (Lipinski definition) is 6. The number of rotatable bonds is 4. The van der Waals surface area contributed by atoms with Crippen molar-refractivity contribution in [3.63, 3.8) is 0 Å². The van der Waals surface area contributed by atoms with Crippen molar-refractivity contribution >= 4 is 0 Å². The number of aromatic nitrogens is 2. The van der Waals surface area contributed by atoms with Crippen molar-refractivity contribution in [1.29, 1.82) is 0 Å². The molecule has 0 aliphatic carbocycles. The molecule has 1 heterocycles. The van der Waals surface area contributed by atoms with E-state index in [0.717, 1.165) is 5.56 Å². The lowest BCUT2D eigenvalue weighted by molar-refractivity contribution is 0.253. The zero-order chi connectivity index (χ0) is 15.6. The number of methoxy groups -OCH3 is 2. The quantitative estimate of drug-likeness (QED) is 0.932. The van der Waals surface area contributed by atoms with Crippen LogP contribution >= 0.6 is 0 Å². The fraction of sp³-hybridized carbons (Fsp3) is 0.467. The van der Waals surface area contributed by atoms with E-state index in [1.807, 2.05) is 26.8 Å². The van der Waals surface area contributed by atoms with Crippen LogP contribution in [0.2, 0.25) is 0 Å². The number of nitrogens with zero attached hydrogens (tertiary/aromatic N) is 2. The average molecular weight is 291 g/mol. The van der Waals surface area contributed by atoms with Gasteiger partial charge in [0, 0.05) is 5.56 Å². The predicted octanol–water partition coefficient (Wildman–Crippen LogP) is 2.80. The van der Waals surface area contributed by atoms with Crippen LogP contribution in [0.3, 0.4) is 0 Å². The molecule has 1 aromatic carbocycles. The number of benzene rings is 1. The highest BCUT2D eigenvalue weighted by Crippen LogP contribution is 2.33. The molecule has 0 aliphatic heterocycles. The lowest BCUT2D eigenvalue weighted by Gasteiger charge is -2.23. The normalized spacial score (nSPS) is 13.0. The van der Waals surface area contributed by atoms with Crippen LogP contribution in [0.5, 0.6) is 11.5 Å². The van der Waals surface area contributed by atoms with Gasteiger partial charge in [0.15, 0.2) is 11.5 Å². The maximum atomic E-state index is 6.12. The lowest BCUT2D eigenvalue weighted by atomic mass is 9.87. The Morgan fingerprint density at radius 3 is 2.38 bits per heavy atom. The molecule has 0 amide bonds. The van der Waals surface area contributed by atoms with Crippen molar-refractivity contribution in [2.75, 3.05) is 14.2 Å². The van der Waals surface area contributed by atoms with Crippen molar-refractivity contribution in [2.45, 2.75) is 26.8 Å². The van der Waals surface area contributed by atoms with Crippen LogP contribution in [0, 0.1) is 5.41 Å². The Kier molecular flexibility index (Phi) is 4.18. The van der Waals surface area contributed by atoms with Gasteiger partial charge in [0.1, 0.15) is 0 Å². The summed E-state index contributed by atoms with van der Waals surface area (Å²) in [5.74, 6) is 2.16. The molecule has 0 spiro atoms. The summed E-state index contributed by atoms with van der Waals surface area (Å²) in [5.41, 5.74) is 6.75. The molecule has 1 aromatic heterocycles. The van der Waals surface area contributed by atoms with Crippen LogP contribution in [0.15, 0.2) is 22.7 Å². The molecule has 6 nitrogen and oxygen atoms in total. The predicted molar refractivity (Wildman–Crippen MR) is 79.2 cm³/mol. The molecule has 0 bridgehead atoms. The highest BCUT2D eigenvalue weighted by atomic mass is 16.5. The Bertz CT molecular complexity index is 617. The molecule has 0 aliphatic rings. The molecule has 1 atom stereocenters. The molecule has 0 saturated carbocycles. The first-order valence-electron chi connectivity index (χ1n) is 6.68. The monoisotopic (exact) mass is 291 g/mol. The first-order valence-corrected chi connectivity index (χ1v) is 6.68. The minimum absolute atomic E-state index is 0.151. The maximum absolute atomic E-state index is 6.12. The first kappa shape index (κ1) is 15.3. The maximum Gasteiger partial charge on any atom is 0.244 e. The molecular weight excluding hydrogens is 270 g/mol. The van der Waals surface area contributed by atoms with Crippen molar-refractivity contribution in [3.8, 4) is 22.9 Å². The average Bonchev–Trinajstić information content (AvgIpc) is 2.94. The second kappa shape index (κ2) is 5.73. The Balaban J connectivity index is 2.34. The van der Waals surface area contributed by atoms with Crippen molar-refractivity contribution in [2.24, 2.45) is 11.1 Å². The summed E-state index contributed by atoms with van der Waals surface area (Å²) in [6, 6.07) is 5.13. The van der Waals surface area contributed by atoms with E-state index in [1.165, 1.54) is 0 Å². The molecule has 0 radical (unpaired) electrons. The van der Waals surface area contributed by atoms with E-state index >= 15 is 0 Å². The van der Waals surface area contributed by atoms with E-state index in [4.69, 9.17) is 19.7 Å². The smallest absolute Gasteiger partial charge is 0.244 e. The fourth-order valence-corrected chi connectivity index (χ4v) is 1.82. The van der Waals surface area contributed by atoms with Crippen molar-refractivity contribution in [3.05, 3.63) is 24.1 Å². The Hall–Kier alpha value is -2.08. The fourth-order valence-electron chi connectivity index (χ4n) is 1.82. The van der Waals surface area contributed by atoms with Gasteiger partial charge in [0.25, 0.3) is 0 Å². The van der Waals surface area contributed by atoms with Crippen LogP contribution < -0.4 is 15.2 Å². The molecule has 0 saturated heterocycles.